The van der Waals surface area contributed by atoms with Crippen molar-refractivity contribution >= 4 is 5.97 Å². The van der Waals surface area contributed by atoms with Gasteiger partial charge < -0.3 is 20.1 Å². The molecule has 5 heteroatoms. The number of carbonyl (C=O) groups is 1. The lowest BCUT2D eigenvalue weighted by Gasteiger charge is -2.65. The maximum absolute atomic E-state index is 12.1. The summed E-state index contributed by atoms with van der Waals surface area (Å²) in [5.41, 5.74) is -0.250. The van der Waals surface area contributed by atoms with E-state index in [-0.39, 0.29) is 35.2 Å². The zero-order valence-corrected chi connectivity index (χ0v) is 17.1. The zero-order chi connectivity index (χ0) is 19.9. The van der Waals surface area contributed by atoms with Crippen molar-refractivity contribution in [2.45, 2.75) is 83.0 Å². The maximum Gasteiger partial charge on any atom is 0.331 e. The van der Waals surface area contributed by atoms with Gasteiger partial charge in [-0.15, -0.1) is 0 Å². The molecule has 4 fully saturated rings. The Morgan fingerprint density at radius 3 is 2.61 bits per heavy atom. The molecule has 0 amide bonds. The molecule has 0 unspecified atom stereocenters. The van der Waals surface area contributed by atoms with Crippen LogP contribution in [0.4, 0.5) is 0 Å². The lowest BCUT2D eigenvalue weighted by atomic mass is 9.42. The van der Waals surface area contributed by atoms with Crippen molar-refractivity contribution in [3.05, 3.63) is 11.6 Å². The van der Waals surface area contributed by atoms with Gasteiger partial charge in [-0.25, -0.2) is 4.79 Å². The second kappa shape index (κ2) is 6.05. The molecule has 156 valence electrons. The highest BCUT2D eigenvalue weighted by molar-refractivity contribution is 5.85. The van der Waals surface area contributed by atoms with E-state index in [1.54, 1.807) is 6.08 Å². The van der Waals surface area contributed by atoms with Crippen LogP contribution in [0.1, 0.15) is 65.2 Å². The first-order valence-electron chi connectivity index (χ1n) is 11.1. The zero-order valence-electron chi connectivity index (χ0n) is 17.1. The second-order valence-corrected chi connectivity index (χ2v) is 10.9. The number of esters is 1. The molecule has 0 aromatic carbocycles. The van der Waals surface area contributed by atoms with Crippen molar-refractivity contribution in [2.24, 2.45) is 34.5 Å². The number of aliphatic hydroxyl groups is 3. The van der Waals surface area contributed by atoms with E-state index in [4.69, 9.17) is 4.74 Å². The minimum atomic E-state index is -0.807. The summed E-state index contributed by atoms with van der Waals surface area (Å²) in [5.74, 6) is 0.420. The number of hydrogen-bond acceptors (Lipinski definition) is 5. The fourth-order valence-electron chi connectivity index (χ4n) is 8.49. The van der Waals surface area contributed by atoms with Crippen molar-refractivity contribution < 1.29 is 24.9 Å². The minimum Gasteiger partial charge on any atom is -0.458 e. The fraction of sp³-hybridized carbons (Fsp3) is 0.870. The highest BCUT2D eigenvalue weighted by Gasteiger charge is 2.69. The van der Waals surface area contributed by atoms with Crippen molar-refractivity contribution in [3.8, 4) is 0 Å². The third-order valence-electron chi connectivity index (χ3n) is 9.89. The number of fused-ring (bicyclic) bond motifs is 5. The Kier molecular flexibility index (Phi) is 4.12. The third kappa shape index (κ3) is 2.33. The first-order chi connectivity index (χ1) is 13.2. The van der Waals surface area contributed by atoms with Crippen LogP contribution in [0.15, 0.2) is 11.6 Å². The van der Waals surface area contributed by atoms with E-state index >= 15 is 0 Å². The average molecular weight is 391 g/mol. The quantitative estimate of drug-likeness (QED) is 0.599. The summed E-state index contributed by atoms with van der Waals surface area (Å²) in [5, 5.41) is 33.7. The van der Waals surface area contributed by atoms with Crippen LogP contribution in [0.2, 0.25) is 0 Å². The largest absolute Gasteiger partial charge is 0.458 e. The number of hydrogen-bond donors (Lipinski definition) is 3. The number of aliphatic hydroxyl groups excluding tert-OH is 2. The molecule has 0 radical (unpaired) electrons. The molecule has 0 saturated heterocycles. The minimum absolute atomic E-state index is 0.0115. The highest BCUT2D eigenvalue weighted by Crippen LogP contribution is 2.69. The van der Waals surface area contributed by atoms with Gasteiger partial charge in [0.05, 0.1) is 17.8 Å². The lowest BCUT2D eigenvalue weighted by molar-refractivity contribution is -0.242. The van der Waals surface area contributed by atoms with Gasteiger partial charge in [0.1, 0.15) is 6.61 Å². The number of ether oxygens (including phenoxy) is 1. The van der Waals surface area contributed by atoms with Gasteiger partial charge in [-0.2, -0.15) is 0 Å². The molecular formula is C23H34O5. The molecule has 5 aliphatic rings. The number of rotatable bonds is 1. The van der Waals surface area contributed by atoms with Gasteiger partial charge in [0.2, 0.25) is 0 Å². The van der Waals surface area contributed by atoms with Crippen molar-refractivity contribution in [2.75, 3.05) is 6.61 Å². The first kappa shape index (κ1) is 19.1. The molecule has 4 aliphatic carbocycles. The van der Waals surface area contributed by atoms with Crippen LogP contribution in [0.3, 0.4) is 0 Å². The van der Waals surface area contributed by atoms with Crippen LogP contribution in [-0.4, -0.2) is 45.7 Å². The van der Waals surface area contributed by atoms with E-state index in [0.717, 1.165) is 50.5 Å². The van der Waals surface area contributed by atoms with Crippen molar-refractivity contribution in [1.82, 2.24) is 0 Å². The SMILES string of the molecule is C[C@]12CC[C@H](O)C[C@@H]1CC[C@H]1[C@H]2[C@H](O)C[C@]2(C)[C@H](C3=CC(=O)OC3)CC[C@]12O. The second-order valence-electron chi connectivity index (χ2n) is 10.9. The summed E-state index contributed by atoms with van der Waals surface area (Å²) in [6.07, 6.45) is 7.61. The molecule has 0 aromatic heterocycles. The lowest BCUT2D eigenvalue weighted by Crippen LogP contribution is -2.66. The topological polar surface area (TPSA) is 87.0 Å². The van der Waals surface area contributed by atoms with Crippen molar-refractivity contribution in [1.29, 1.82) is 0 Å². The first-order valence-corrected chi connectivity index (χ1v) is 11.1. The van der Waals surface area contributed by atoms with Gasteiger partial charge >= 0.3 is 5.97 Å². The van der Waals surface area contributed by atoms with Crippen LogP contribution in [-0.2, 0) is 9.53 Å². The van der Waals surface area contributed by atoms with Gasteiger partial charge in [0.15, 0.2) is 0 Å². The Hall–Kier alpha value is -0.910. The molecule has 1 heterocycles. The Labute approximate surface area is 167 Å². The third-order valence-corrected chi connectivity index (χ3v) is 9.89. The molecule has 9 atom stereocenters. The molecule has 5 rings (SSSR count). The Morgan fingerprint density at radius 1 is 1.11 bits per heavy atom. The van der Waals surface area contributed by atoms with E-state index in [0.29, 0.717) is 18.9 Å². The van der Waals surface area contributed by atoms with E-state index in [1.165, 1.54) is 0 Å². The summed E-state index contributed by atoms with van der Waals surface area (Å²) in [7, 11) is 0. The normalized spacial score (nSPS) is 55.8. The standard InChI is InChI=1S/C23H34O5/c1-21-7-5-15(24)10-14(21)3-4-17-20(21)18(25)11-22(2)16(6-8-23(17,22)27)13-9-19(26)28-12-13/h9,14-18,20,24-25,27H,3-8,10-12H2,1-2H3/t14-,15-,16-,17-,18+,20-,21-,22+,23-/m0/s1. The van der Waals surface area contributed by atoms with Gasteiger partial charge in [-0.1, -0.05) is 13.8 Å². The van der Waals surface area contributed by atoms with Crippen molar-refractivity contribution in [3.63, 3.8) is 0 Å². The van der Waals surface area contributed by atoms with Crippen LogP contribution in [0.5, 0.6) is 0 Å². The molecule has 0 aromatic rings. The van der Waals surface area contributed by atoms with Gasteiger partial charge in [0, 0.05) is 11.5 Å². The van der Waals surface area contributed by atoms with Crippen LogP contribution in [0.25, 0.3) is 0 Å². The summed E-state index contributed by atoms with van der Waals surface area (Å²) in [6, 6.07) is 0. The maximum atomic E-state index is 12.1. The highest BCUT2D eigenvalue weighted by atomic mass is 16.5. The number of carbonyl (C=O) groups excluding carboxylic acids is 1. The van der Waals surface area contributed by atoms with E-state index < -0.39 is 17.1 Å². The molecule has 0 spiro atoms. The average Bonchev–Trinajstić information content (AvgIpc) is 3.16. The van der Waals surface area contributed by atoms with E-state index in [9.17, 15) is 20.1 Å². The molecule has 0 bridgehead atoms. The van der Waals surface area contributed by atoms with Crippen LogP contribution < -0.4 is 0 Å². The Balaban J connectivity index is 1.51. The molecule has 3 N–H and O–H groups in total. The predicted octanol–water partition coefficient (Wildman–Crippen LogP) is 2.58. The monoisotopic (exact) mass is 390 g/mol. The van der Waals surface area contributed by atoms with E-state index in [2.05, 4.69) is 13.8 Å². The smallest absolute Gasteiger partial charge is 0.331 e. The summed E-state index contributed by atoms with van der Waals surface area (Å²) < 4.78 is 5.17. The molecule has 1 aliphatic heterocycles. The van der Waals surface area contributed by atoms with Crippen LogP contribution in [0, 0.1) is 34.5 Å². The molecule has 5 nitrogen and oxygen atoms in total. The van der Waals surface area contributed by atoms with Crippen LogP contribution >= 0.6 is 0 Å². The summed E-state index contributed by atoms with van der Waals surface area (Å²) >= 11 is 0. The predicted molar refractivity (Wildman–Crippen MR) is 103 cm³/mol. The Bertz CT molecular complexity index is 718. The molecular weight excluding hydrogens is 356 g/mol. The molecule has 4 saturated carbocycles. The van der Waals surface area contributed by atoms with Gasteiger partial charge in [-0.05, 0) is 86.0 Å². The number of cyclic esters (lactones) is 1. The van der Waals surface area contributed by atoms with E-state index in [1.807, 2.05) is 0 Å². The van der Waals surface area contributed by atoms with Gasteiger partial charge in [0.25, 0.3) is 0 Å². The summed E-state index contributed by atoms with van der Waals surface area (Å²) in [4.78, 5) is 11.6. The summed E-state index contributed by atoms with van der Waals surface area (Å²) in [6.45, 7) is 4.76. The fourth-order valence-corrected chi connectivity index (χ4v) is 8.49. The molecule has 28 heavy (non-hydrogen) atoms. The van der Waals surface area contributed by atoms with Gasteiger partial charge in [-0.3, -0.25) is 0 Å². The Morgan fingerprint density at radius 2 is 1.89 bits per heavy atom.